The molecule has 0 aromatic carbocycles. The molecule has 17 heavy (non-hydrogen) atoms. The van der Waals surface area contributed by atoms with E-state index in [0.717, 1.165) is 34.8 Å². The Morgan fingerprint density at radius 2 is 2.29 bits per heavy atom. The normalized spacial score (nSPS) is 12.9. The molecule has 4 nitrogen and oxygen atoms in total. The lowest BCUT2D eigenvalue weighted by molar-refractivity contribution is 0.112. The standard InChI is InChI=1S/C12H17N3OS/c1-4-6-13-11-9-5-7-17-12(9)15-10(14-11)8(2)16-3/h5,7-8H,4,6H2,1-3H3,(H,13,14,15). The van der Waals surface area contributed by atoms with Crippen molar-refractivity contribution in [3.05, 3.63) is 17.3 Å². The molecule has 0 aliphatic heterocycles. The van der Waals surface area contributed by atoms with Crippen molar-refractivity contribution in [2.45, 2.75) is 26.4 Å². The van der Waals surface area contributed by atoms with E-state index in [1.165, 1.54) is 0 Å². The van der Waals surface area contributed by atoms with E-state index in [2.05, 4.69) is 28.3 Å². The summed E-state index contributed by atoms with van der Waals surface area (Å²) in [7, 11) is 1.67. The van der Waals surface area contributed by atoms with Crippen LogP contribution in [0.3, 0.4) is 0 Å². The maximum Gasteiger partial charge on any atom is 0.160 e. The molecule has 1 unspecified atom stereocenters. The first-order valence-electron chi connectivity index (χ1n) is 5.78. The zero-order chi connectivity index (χ0) is 12.3. The summed E-state index contributed by atoms with van der Waals surface area (Å²) < 4.78 is 5.27. The number of aromatic nitrogens is 2. The maximum absolute atomic E-state index is 5.27. The number of thiophene rings is 1. The molecule has 2 rings (SSSR count). The van der Waals surface area contributed by atoms with Crippen LogP contribution in [-0.2, 0) is 4.74 Å². The van der Waals surface area contributed by atoms with Gasteiger partial charge in [-0.05, 0) is 24.8 Å². The van der Waals surface area contributed by atoms with Crippen molar-refractivity contribution in [2.24, 2.45) is 0 Å². The summed E-state index contributed by atoms with van der Waals surface area (Å²) in [5.41, 5.74) is 0. The second kappa shape index (κ2) is 5.42. The molecule has 0 fully saturated rings. The summed E-state index contributed by atoms with van der Waals surface area (Å²) in [5.74, 6) is 1.65. The quantitative estimate of drug-likeness (QED) is 0.886. The Labute approximate surface area is 105 Å². The fraction of sp³-hybridized carbons (Fsp3) is 0.500. The second-order valence-electron chi connectivity index (χ2n) is 3.87. The summed E-state index contributed by atoms with van der Waals surface area (Å²) in [5, 5.41) is 6.48. The lowest BCUT2D eigenvalue weighted by atomic mass is 10.3. The number of ether oxygens (including phenoxy) is 1. The summed E-state index contributed by atoms with van der Waals surface area (Å²) in [6.45, 7) is 5.01. The van der Waals surface area contributed by atoms with Gasteiger partial charge in [0.15, 0.2) is 5.82 Å². The topological polar surface area (TPSA) is 47.0 Å². The van der Waals surface area contributed by atoms with Crippen LogP contribution < -0.4 is 5.32 Å². The molecule has 2 aromatic rings. The molecule has 5 heteroatoms. The zero-order valence-corrected chi connectivity index (χ0v) is 11.2. The van der Waals surface area contributed by atoms with Crippen molar-refractivity contribution < 1.29 is 4.74 Å². The van der Waals surface area contributed by atoms with Crippen molar-refractivity contribution in [3.8, 4) is 0 Å². The average molecular weight is 251 g/mol. The van der Waals surface area contributed by atoms with Gasteiger partial charge in [0.2, 0.25) is 0 Å². The maximum atomic E-state index is 5.27. The first kappa shape index (κ1) is 12.3. The predicted octanol–water partition coefficient (Wildman–Crippen LogP) is 3.22. The van der Waals surface area contributed by atoms with Crippen molar-refractivity contribution in [1.29, 1.82) is 0 Å². The minimum absolute atomic E-state index is 0.0799. The van der Waals surface area contributed by atoms with Crippen LogP contribution in [0.15, 0.2) is 11.4 Å². The molecule has 0 amide bonds. The van der Waals surface area contributed by atoms with Crippen LogP contribution in [0.5, 0.6) is 0 Å². The molecule has 0 spiro atoms. The predicted molar refractivity (Wildman–Crippen MR) is 71.6 cm³/mol. The number of hydrogen-bond donors (Lipinski definition) is 1. The Balaban J connectivity index is 2.43. The van der Waals surface area contributed by atoms with Gasteiger partial charge in [-0.15, -0.1) is 11.3 Å². The third-order valence-corrected chi connectivity index (χ3v) is 3.41. The number of hydrogen-bond acceptors (Lipinski definition) is 5. The van der Waals surface area contributed by atoms with E-state index in [1.807, 2.05) is 12.3 Å². The molecular formula is C12H17N3OS. The highest BCUT2D eigenvalue weighted by atomic mass is 32.1. The van der Waals surface area contributed by atoms with Crippen LogP contribution in [0, 0.1) is 0 Å². The van der Waals surface area contributed by atoms with Crippen LogP contribution in [0.2, 0.25) is 0 Å². The highest BCUT2D eigenvalue weighted by molar-refractivity contribution is 7.16. The summed E-state index contributed by atoms with van der Waals surface area (Å²) in [4.78, 5) is 10.1. The van der Waals surface area contributed by atoms with Crippen LogP contribution in [0.1, 0.15) is 32.2 Å². The minimum atomic E-state index is -0.0799. The lowest BCUT2D eigenvalue weighted by Gasteiger charge is -2.11. The smallest absolute Gasteiger partial charge is 0.160 e. The molecule has 0 radical (unpaired) electrons. The van der Waals surface area contributed by atoms with Crippen molar-refractivity contribution in [2.75, 3.05) is 19.0 Å². The molecule has 1 atom stereocenters. The van der Waals surface area contributed by atoms with E-state index in [0.29, 0.717) is 0 Å². The van der Waals surface area contributed by atoms with Gasteiger partial charge in [0.25, 0.3) is 0 Å². The molecule has 92 valence electrons. The van der Waals surface area contributed by atoms with E-state index >= 15 is 0 Å². The fourth-order valence-electron chi connectivity index (χ4n) is 1.54. The summed E-state index contributed by atoms with van der Waals surface area (Å²) >= 11 is 1.63. The third-order valence-electron chi connectivity index (χ3n) is 2.60. The van der Waals surface area contributed by atoms with Crippen LogP contribution in [0.4, 0.5) is 5.82 Å². The number of methoxy groups -OCH3 is 1. The molecule has 0 saturated heterocycles. The molecule has 0 aliphatic rings. The Morgan fingerprint density at radius 3 is 3.00 bits per heavy atom. The van der Waals surface area contributed by atoms with Gasteiger partial charge >= 0.3 is 0 Å². The molecule has 2 heterocycles. The Morgan fingerprint density at radius 1 is 1.47 bits per heavy atom. The van der Waals surface area contributed by atoms with Crippen molar-refractivity contribution >= 4 is 27.4 Å². The van der Waals surface area contributed by atoms with E-state index in [9.17, 15) is 0 Å². The lowest BCUT2D eigenvalue weighted by Crippen LogP contribution is -2.08. The van der Waals surface area contributed by atoms with E-state index in [1.54, 1.807) is 18.4 Å². The Hall–Kier alpha value is -1.20. The minimum Gasteiger partial charge on any atom is -0.374 e. The van der Waals surface area contributed by atoms with Gasteiger partial charge in [-0.25, -0.2) is 9.97 Å². The summed E-state index contributed by atoms with van der Waals surface area (Å²) in [6, 6.07) is 2.05. The van der Waals surface area contributed by atoms with E-state index in [4.69, 9.17) is 4.74 Å². The monoisotopic (exact) mass is 251 g/mol. The van der Waals surface area contributed by atoms with Crippen LogP contribution in [-0.4, -0.2) is 23.6 Å². The van der Waals surface area contributed by atoms with Crippen molar-refractivity contribution in [3.63, 3.8) is 0 Å². The van der Waals surface area contributed by atoms with Crippen LogP contribution >= 0.6 is 11.3 Å². The van der Waals surface area contributed by atoms with Gasteiger partial charge in [-0.2, -0.15) is 0 Å². The van der Waals surface area contributed by atoms with Gasteiger partial charge in [0.05, 0.1) is 5.39 Å². The van der Waals surface area contributed by atoms with Crippen LogP contribution in [0.25, 0.3) is 10.2 Å². The molecule has 0 bridgehead atoms. The zero-order valence-electron chi connectivity index (χ0n) is 10.4. The van der Waals surface area contributed by atoms with Gasteiger partial charge in [0, 0.05) is 13.7 Å². The number of rotatable bonds is 5. The first-order valence-corrected chi connectivity index (χ1v) is 6.66. The Bertz CT molecular complexity index is 497. The average Bonchev–Trinajstić information content (AvgIpc) is 2.82. The number of nitrogens with one attached hydrogen (secondary N) is 1. The van der Waals surface area contributed by atoms with E-state index < -0.39 is 0 Å². The van der Waals surface area contributed by atoms with Crippen molar-refractivity contribution in [1.82, 2.24) is 9.97 Å². The fourth-order valence-corrected chi connectivity index (χ4v) is 2.31. The van der Waals surface area contributed by atoms with Gasteiger partial charge in [0.1, 0.15) is 16.8 Å². The molecule has 0 saturated carbocycles. The molecule has 0 aliphatic carbocycles. The third kappa shape index (κ3) is 2.56. The van der Waals surface area contributed by atoms with E-state index in [-0.39, 0.29) is 6.10 Å². The number of anilines is 1. The Kier molecular flexibility index (Phi) is 3.91. The molecule has 2 aromatic heterocycles. The SMILES string of the molecule is CCCNc1nc(C(C)OC)nc2sccc12. The number of fused-ring (bicyclic) bond motifs is 1. The summed E-state index contributed by atoms with van der Waals surface area (Å²) in [6.07, 6.45) is 0.994. The number of nitrogens with zero attached hydrogens (tertiary/aromatic N) is 2. The highest BCUT2D eigenvalue weighted by Gasteiger charge is 2.13. The first-order chi connectivity index (χ1) is 8.26. The largest absolute Gasteiger partial charge is 0.374 e. The molecular weight excluding hydrogens is 234 g/mol. The second-order valence-corrected chi connectivity index (χ2v) is 4.77. The van der Waals surface area contributed by atoms with Gasteiger partial charge < -0.3 is 10.1 Å². The highest BCUT2D eigenvalue weighted by Crippen LogP contribution is 2.27. The van der Waals surface area contributed by atoms with Gasteiger partial charge in [-0.1, -0.05) is 6.92 Å². The molecule has 1 N–H and O–H groups in total. The van der Waals surface area contributed by atoms with Gasteiger partial charge in [-0.3, -0.25) is 0 Å².